The van der Waals surface area contributed by atoms with E-state index < -0.39 is 0 Å². The van der Waals surface area contributed by atoms with Gasteiger partial charge in [0.2, 0.25) is 0 Å². The summed E-state index contributed by atoms with van der Waals surface area (Å²) < 4.78 is 0. The summed E-state index contributed by atoms with van der Waals surface area (Å²) in [5, 5.41) is 12.6. The highest BCUT2D eigenvalue weighted by Crippen LogP contribution is 2.20. The molecule has 0 heterocycles. The van der Waals surface area contributed by atoms with Crippen LogP contribution in [0.1, 0.15) is 19.4 Å². The maximum atomic E-state index is 8.79. The molecule has 3 heteroatoms. The molecule has 0 aliphatic rings. The van der Waals surface area contributed by atoms with Crippen molar-refractivity contribution >= 4 is 17.3 Å². The summed E-state index contributed by atoms with van der Waals surface area (Å²) in [6, 6.07) is 7.60. The molecule has 0 aliphatic heterocycles. The molecule has 1 N–H and O–H groups in total. The van der Waals surface area contributed by atoms with Crippen molar-refractivity contribution in [3.05, 3.63) is 28.8 Å². The van der Waals surface area contributed by atoms with Crippen molar-refractivity contribution in [2.24, 2.45) is 0 Å². The number of hydrogen-bond donors (Lipinski definition) is 1. The van der Waals surface area contributed by atoms with Crippen molar-refractivity contribution in [3.8, 4) is 6.07 Å². The molecular formula is C10H11ClN2. The zero-order valence-electron chi connectivity index (χ0n) is 7.63. The summed E-state index contributed by atoms with van der Waals surface area (Å²) in [4.78, 5) is 0. The van der Waals surface area contributed by atoms with Crippen LogP contribution in [0.5, 0.6) is 0 Å². The fourth-order valence-corrected chi connectivity index (χ4v) is 1.22. The van der Waals surface area contributed by atoms with E-state index in [0.717, 1.165) is 5.69 Å². The summed E-state index contributed by atoms with van der Waals surface area (Å²) in [5.74, 6) is 0. The Labute approximate surface area is 83.1 Å². The van der Waals surface area contributed by atoms with Gasteiger partial charge in [-0.2, -0.15) is 5.26 Å². The highest BCUT2D eigenvalue weighted by Gasteiger charge is 2.03. The molecule has 13 heavy (non-hydrogen) atoms. The number of halogens is 1. The topological polar surface area (TPSA) is 35.8 Å². The molecule has 68 valence electrons. The second-order valence-electron chi connectivity index (χ2n) is 3.10. The minimum absolute atomic E-state index is 0.297. The average Bonchev–Trinajstić information content (AvgIpc) is 2.03. The Kier molecular flexibility index (Phi) is 3.16. The summed E-state index contributed by atoms with van der Waals surface area (Å²) >= 11 is 5.81. The Balaban J connectivity index is 3.03. The third kappa shape index (κ3) is 2.64. The second kappa shape index (κ2) is 4.15. The molecule has 2 nitrogen and oxygen atoms in total. The maximum absolute atomic E-state index is 8.79. The number of nitriles is 1. The largest absolute Gasteiger partial charge is 0.382 e. The number of hydrogen-bond acceptors (Lipinski definition) is 2. The van der Waals surface area contributed by atoms with Gasteiger partial charge >= 0.3 is 0 Å². The number of rotatable bonds is 2. The van der Waals surface area contributed by atoms with Crippen LogP contribution in [0, 0.1) is 11.3 Å². The molecule has 0 atom stereocenters. The molecule has 0 fully saturated rings. The van der Waals surface area contributed by atoms with Gasteiger partial charge < -0.3 is 5.32 Å². The van der Waals surface area contributed by atoms with Crippen LogP contribution in [-0.2, 0) is 0 Å². The van der Waals surface area contributed by atoms with Crippen molar-refractivity contribution in [1.29, 1.82) is 5.26 Å². The number of nitrogens with zero attached hydrogens (tertiary/aromatic N) is 1. The molecule has 0 saturated heterocycles. The normalized spacial score (nSPS) is 9.77. The van der Waals surface area contributed by atoms with Gasteiger partial charge in [0.15, 0.2) is 0 Å². The van der Waals surface area contributed by atoms with Crippen LogP contribution >= 0.6 is 11.6 Å². The molecule has 0 aliphatic carbocycles. The Hall–Kier alpha value is -1.20. The summed E-state index contributed by atoms with van der Waals surface area (Å²) in [5.41, 5.74) is 1.42. The first-order valence-electron chi connectivity index (χ1n) is 4.09. The van der Waals surface area contributed by atoms with Gasteiger partial charge in [0.05, 0.1) is 11.3 Å². The number of anilines is 1. The number of nitrogens with one attached hydrogen (secondary N) is 1. The predicted molar refractivity (Wildman–Crippen MR) is 54.9 cm³/mol. The lowest BCUT2D eigenvalue weighted by Gasteiger charge is -2.11. The van der Waals surface area contributed by atoms with Gasteiger partial charge in [-0.05, 0) is 32.0 Å². The lowest BCUT2D eigenvalue weighted by atomic mass is 10.2. The van der Waals surface area contributed by atoms with Gasteiger partial charge in [0.1, 0.15) is 6.07 Å². The van der Waals surface area contributed by atoms with Crippen LogP contribution in [0.4, 0.5) is 5.69 Å². The van der Waals surface area contributed by atoms with Gasteiger partial charge in [0.25, 0.3) is 0 Å². The van der Waals surface area contributed by atoms with E-state index in [1.807, 2.05) is 13.8 Å². The van der Waals surface area contributed by atoms with Crippen molar-refractivity contribution < 1.29 is 0 Å². The van der Waals surface area contributed by atoms with Gasteiger partial charge in [-0.3, -0.25) is 0 Å². The van der Waals surface area contributed by atoms with Crippen LogP contribution in [0.2, 0.25) is 5.02 Å². The van der Waals surface area contributed by atoms with E-state index in [2.05, 4.69) is 11.4 Å². The monoisotopic (exact) mass is 194 g/mol. The molecular weight excluding hydrogens is 184 g/mol. The lowest BCUT2D eigenvalue weighted by Crippen LogP contribution is -2.10. The van der Waals surface area contributed by atoms with Crippen LogP contribution < -0.4 is 5.32 Å². The van der Waals surface area contributed by atoms with E-state index in [1.165, 1.54) is 0 Å². The van der Waals surface area contributed by atoms with Crippen molar-refractivity contribution in [2.75, 3.05) is 5.32 Å². The maximum Gasteiger partial charge on any atom is 0.101 e. The smallest absolute Gasteiger partial charge is 0.101 e. The third-order valence-corrected chi connectivity index (χ3v) is 1.78. The van der Waals surface area contributed by atoms with Gasteiger partial charge in [-0.25, -0.2) is 0 Å². The Bertz CT molecular complexity index is 339. The molecule has 0 radical (unpaired) electrons. The van der Waals surface area contributed by atoms with Crippen molar-refractivity contribution in [1.82, 2.24) is 0 Å². The van der Waals surface area contributed by atoms with Gasteiger partial charge in [-0.1, -0.05) is 11.6 Å². The zero-order chi connectivity index (χ0) is 9.84. The van der Waals surface area contributed by atoms with Gasteiger partial charge in [0, 0.05) is 11.1 Å². The minimum atomic E-state index is 0.297. The zero-order valence-corrected chi connectivity index (χ0v) is 8.39. The summed E-state index contributed by atoms with van der Waals surface area (Å²) in [7, 11) is 0. The molecule has 0 spiro atoms. The van der Waals surface area contributed by atoms with E-state index in [9.17, 15) is 0 Å². The van der Waals surface area contributed by atoms with Crippen LogP contribution in [0.25, 0.3) is 0 Å². The second-order valence-corrected chi connectivity index (χ2v) is 3.54. The molecule has 0 saturated carbocycles. The number of benzene rings is 1. The molecule has 0 unspecified atom stereocenters. The summed E-state index contributed by atoms with van der Waals surface area (Å²) in [6.07, 6.45) is 0. The highest BCUT2D eigenvalue weighted by atomic mass is 35.5. The van der Waals surface area contributed by atoms with E-state index in [1.54, 1.807) is 18.2 Å². The highest BCUT2D eigenvalue weighted by molar-refractivity contribution is 6.30. The van der Waals surface area contributed by atoms with Crippen LogP contribution in [-0.4, -0.2) is 6.04 Å². The standard InChI is InChI=1S/C10H11ClN2/c1-7(2)13-10-5-9(11)4-3-8(10)6-12/h3-5,7,13H,1-2H3. The van der Waals surface area contributed by atoms with Crippen molar-refractivity contribution in [3.63, 3.8) is 0 Å². The fraction of sp³-hybridized carbons (Fsp3) is 0.300. The van der Waals surface area contributed by atoms with Gasteiger partial charge in [-0.15, -0.1) is 0 Å². The Morgan fingerprint density at radius 1 is 1.46 bits per heavy atom. The van der Waals surface area contributed by atoms with E-state index in [0.29, 0.717) is 16.6 Å². The molecule has 1 aromatic rings. The first-order chi connectivity index (χ1) is 6.13. The SMILES string of the molecule is CC(C)Nc1cc(Cl)ccc1C#N. The first-order valence-corrected chi connectivity index (χ1v) is 4.47. The van der Waals surface area contributed by atoms with E-state index >= 15 is 0 Å². The van der Waals surface area contributed by atoms with E-state index in [-0.39, 0.29) is 0 Å². The molecule has 1 rings (SSSR count). The van der Waals surface area contributed by atoms with Crippen LogP contribution in [0.3, 0.4) is 0 Å². The average molecular weight is 195 g/mol. The lowest BCUT2D eigenvalue weighted by molar-refractivity contribution is 0.899. The minimum Gasteiger partial charge on any atom is -0.382 e. The molecule has 0 amide bonds. The third-order valence-electron chi connectivity index (χ3n) is 1.55. The molecule has 0 aromatic heterocycles. The molecule has 0 bridgehead atoms. The quantitative estimate of drug-likeness (QED) is 0.786. The molecule has 1 aromatic carbocycles. The predicted octanol–water partition coefficient (Wildman–Crippen LogP) is 3.03. The van der Waals surface area contributed by atoms with Crippen LogP contribution in [0.15, 0.2) is 18.2 Å². The van der Waals surface area contributed by atoms with E-state index in [4.69, 9.17) is 16.9 Å². The van der Waals surface area contributed by atoms with Crippen molar-refractivity contribution in [2.45, 2.75) is 19.9 Å². The first kappa shape index (κ1) is 9.88. The summed E-state index contributed by atoms with van der Waals surface area (Å²) in [6.45, 7) is 4.03. The fourth-order valence-electron chi connectivity index (χ4n) is 1.04. The Morgan fingerprint density at radius 2 is 2.15 bits per heavy atom. The Morgan fingerprint density at radius 3 is 2.69 bits per heavy atom.